The normalized spacial score (nSPS) is 12.2. The molecule has 0 amide bonds. The Balaban J connectivity index is 1.63. The summed E-state index contributed by atoms with van der Waals surface area (Å²) in [5, 5.41) is 10.7. The van der Waals surface area contributed by atoms with Crippen molar-refractivity contribution in [3.63, 3.8) is 0 Å². The Morgan fingerprint density at radius 1 is 1.07 bits per heavy atom. The van der Waals surface area contributed by atoms with Gasteiger partial charge in [-0.15, -0.1) is 0 Å². The molecule has 152 valence electrons. The quantitative estimate of drug-likeness (QED) is 0.220. The summed E-state index contributed by atoms with van der Waals surface area (Å²) >= 11 is 8.11. The van der Waals surface area contributed by atoms with Gasteiger partial charge in [-0.2, -0.15) is 0 Å². The number of aromatic hydroxyl groups is 1. The van der Waals surface area contributed by atoms with Crippen LogP contribution in [0.3, 0.4) is 0 Å². The Kier molecular flexibility index (Phi) is 5.59. The second-order valence-electron chi connectivity index (χ2n) is 8.08. The van der Waals surface area contributed by atoms with Crippen molar-refractivity contribution in [2.24, 2.45) is 4.99 Å². The predicted molar refractivity (Wildman–Crippen MR) is 131 cm³/mol. The number of phenolic OH excluding ortho intramolecular Hbond substituents is 1. The average Bonchev–Trinajstić information content (AvgIpc) is 3.12. The summed E-state index contributed by atoms with van der Waals surface area (Å²) in [7, 11) is 0. The number of aromatic nitrogens is 1. The minimum absolute atomic E-state index is 0.0994. The standard InChI is InChI=1S/C24H20ClIN2O2/c1-24(2,3)16-6-4-14(5-7-16)23-28-20-12-18(8-9-21(20)30-23)27-13-15-10-17(25)11-19(26)22(15)29/h4-13,29H,1-3H3. The van der Waals surface area contributed by atoms with Crippen molar-refractivity contribution < 1.29 is 9.52 Å². The summed E-state index contributed by atoms with van der Waals surface area (Å²) in [6, 6.07) is 17.2. The zero-order valence-electron chi connectivity index (χ0n) is 16.8. The topological polar surface area (TPSA) is 58.6 Å². The van der Waals surface area contributed by atoms with E-state index < -0.39 is 0 Å². The summed E-state index contributed by atoms with van der Waals surface area (Å²) in [6.45, 7) is 6.56. The Morgan fingerprint density at radius 2 is 1.80 bits per heavy atom. The molecule has 4 aromatic rings. The highest BCUT2D eigenvalue weighted by molar-refractivity contribution is 14.1. The van der Waals surface area contributed by atoms with Gasteiger partial charge in [0.15, 0.2) is 5.58 Å². The van der Waals surface area contributed by atoms with Crippen LogP contribution in [0.4, 0.5) is 5.69 Å². The second-order valence-corrected chi connectivity index (χ2v) is 9.68. The first-order valence-corrected chi connectivity index (χ1v) is 10.9. The third-order valence-electron chi connectivity index (χ3n) is 4.78. The molecule has 3 aromatic carbocycles. The molecule has 4 rings (SSSR count). The second kappa shape index (κ2) is 8.04. The van der Waals surface area contributed by atoms with Gasteiger partial charge in [-0.05, 0) is 76.0 Å². The van der Waals surface area contributed by atoms with E-state index in [0.29, 0.717) is 31.3 Å². The number of benzene rings is 3. The molecule has 0 spiro atoms. The van der Waals surface area contributed by atoms with Crippen molar-refractivity contribution in [1.82, 2.24) is 4.98 Å². The SMILES string of the molecule is CC(C)(C)c1ccc(-c2nc3cc(N=Cc4cc(Cl)cc(I)c4O)ccc3o2)cc1. The monoisotopic (exact) mass is 530 g/mol. The summed E-state index contributed by atoms with van der Waals surface area (Å²) in [4.78, 5) is 9.09. The molecular weight excluding hydrogens is 511 g/mol. The van der Waals surface area contributed by atoms with E-state index >= 15 is 0 Å². The van der Waals surface area contributed by atoms with E-state index in [1.807, 2.05) is 52.9 Å². The first-order valence-electron chi connectivity index (χ1n) is 9.44. The lowest BCUT2D eigenvalue weighted by Crippen LogP contribution is -2.10. The number of hydrogen-bond donors (Lipinski definition) is 1. The fourth-order valence-electron chi connectivity index (χ4n) is 3.06. The van der Waals surface area contributed by atoms with Gasteiger partial charge in [0.25, 0.3) is 0 Å². The van der Waals surface area contributed by atoms with Crippen LogP contribution in [-0.2, 0) is 5.41 Å². The van der Waals surface area contributed by atoms with Crippen molar-refractivity contribution in [2.45, 2.75) is 26.2 Å². The molecule has 0 bridgehead atoms. The van der Waals surface area contributed by atoms with E-state index in [1.54, 1.807) is 18.3 Å². The summed E-state index contributed by atoms with van der Waals surface area (Å²) in [5.74, 6) is 0.737. The van der Waals surface area contributed by atoms with Crippen LogP contribution in [0.5, 0.6) is 5.75 Å². The van der Waals surface area contributed by atoms with Crippen LogP contribution < -0.4 is 0 Å². The highest BCUT2D eigenvalue weighted by Gasteiger charge is 2.15. The Bertz CT molecular complexity index is 1250. The molecule has 0 atom stereocenters. The molecule has 30 heavy (non-hydrogen) atoms. The van der Waals surface area contributed by atoms with E-state index in [2.05, 4.69) is 42.9 Å². The van der Waals surface area contributed by atoms with E-state index in [9.17, 15) is 5.11 Å². The summed E-state index contributed by atoms with van der Waals surface area (Å²) in [5.41, 5.74) is 4.99. The number of nitrogens with zero attached hydrogens (tertiary/aromatic N) is 2. The van der Waals surface area contributed by atoms with E-state index in [-0.39, 0.29) is 11.2 Å². The Labute approximate surface area is 193 Å². The number of phenols is 1. The van der Waals surface area contributed by atoms with Crippen molar-refractivity contribution in [3.8, 4) is 17.2 Å². The third kappa shape index (κ3) is 4.37. The molecule has 0 aliphatic carbocycles. The number of halogens is 2. The number of fused-ring (bicyclic) bond motifs is 1. The molecule has 1 N–H and O–H groups in total. The first-order chi connectivity index (χ1) is 14.2. The molecule has 0 saturated heterocycles. The highest BCUT2D eigenvalue weighted by Crippen LogP contribution is 2.30. The van der Waals surface area contributed by atoms with Crippen LogP contribution in [0.25, 0.3) is 22.6 Å². The average molecular weight is 531 g/mol. The number of rotatable bonds is 3. The smallest absolute Gasteiger partial charge is 0.227 e. The maximum Gasteiger partial charge on any atom is 0.227 e. The van der Waals surface area contributed by atoms with Crippen LogP contribution in [0.1, 0.15) is 31.9 Å². The van der Waals surface area contributed by atoms with Gasteiger partial charge in [-0.25, -0.2) is 4.98 Å². The number of aliphatic imine (C=N–C) groups is 1. The van der Waals surface area contributed by atoms with E-state index in [0.717, 1.165) is 11.1 Å². The lowest BCUT2D eigenvalue weighted by atomic mass is 9.87. The molecular formula is C24H20ClIN2O2. The molecule has 0 unspecified atom stereocenters. The van der Waals surface area contributed by atoms with Crippen LogP contribution in [0, 0.1) is 3.57 Å². The fraction of sp³-hybridized carbons (Fsp3) is 0.167. The molecule has 1 heterocycles. The van der Waals surface area contributed by atoms with Crippen LogP contribution in [-0.4, -0.2) is 16.3 Å². The van der Waals surface area contributed by atoms with E-state index in [1.165, 1.54) is 5.56 Å². The van der Waals surface area contributed by atoms with Crippen molar-refractivity contribution in [2.75, 3.05) is 0 Å². The molecule has 0 aliphatic rings. The molecule has 0 saturated carbocycles. The minimum atomic E-state index is 0.0994. The van der Waals surface area contributed by atoms with Gasteiger partial charge in [0.05, 0.1) is 9.26 Å². The lowest BCUT2D eigenvalue weighted by molar-refractivity contribution is 0.470. The van der Waals surface area contributed by atoms with Gasteiger partial charge >= 0.3 is 0 Å². The molecule has 6 heteroatoms. The maximum absolute atomic E-state index is 10.2. The summed E-state index contributed by atoms with van der Waals surface area (Å²) in [6.07, 6.45) is 1.59. The number of oxazole rings is 1. The predicted octanol–water partition coefficient (Wildman–Crippen LogP) is 7.51. The van der Waals surface area contributed by atoms with Crippen LogP contribution in [0.15, 0.2) is 64.0 Å². The van der Waals surface area contributed by atoms with Crippen molar-refractivity contribution in [3.05, 3.63) is 74.3 Å². The van der Waals surface area contributed by atoms with Crippen molar-refractivity contribution >= 4 is 57.2 Å². The Morgan fingerprint density at radius 3 is 2.50 bits per heavy atom. The van der Waals surface area contributed by atoms with Gasteiger partial charge < -0.3 is 9.52 Å². The zero-order valence-corrected chi connectivity index (χ0v) is 19.7. The van der Waals surface area contributed by atoms with Crippen molar-refractivity contribution in [1.29, 1.82) is 0 Å². The number of hydrogen-bond acceptors (Lipinski definition) is 4. The van der Waals surface area contributed by atoms with Gasteiger partial charge in [0.2, 0.25) is 5.89 Å². The lowest BCUT2D eigenvalue weighted by Gasteiger charge is -2.18. The van der Waals surface area contributed by atoms with Gasteiger partial charge in [-0.3, -0.25) is 4.99 Å². The van der Waals surface area contributed by atoms with Gasteiger partial charge in [0, 0.05) is 22.4 Å². The van der Waals surface area contributed by atoms with Gasteiger partial charge in [0.1, 0.15) is 11.3 Å². The first kappa shape index (κ1) is 20.9. The molecule has 4 nitrogen and oxygen atoms in total. The highest BCUT2D eigenvalue weighted by atomic mass is 127. The Hall–Kier alpha value is -2.38. The van der Waals surface area contributed by atoms with E-state index in [4.69, 9.17) is 16.0 Å². The maximum atomic E-state index is 10.2. The van der Waals surface area contributed by atoms with Gasteiger partial charge in [-0.1, -0.05) is 44.5 Å². The third-order valence-corrected chi connectivity index (χ3v) is 5.82. The minimum Gasteiger partial charge on any atom is -0.506 e. The molecule has 0 aliphatic heterocycles. The van der Waals surface area contributed by atoms with Crippen LogP contribution in [0.2, 0.25) is 5.02 Å². The largest absolute Gasteiger partial charge is 0.506 e. The molecule has 0 radical (unpaired) electrons. The van der Waals surface area contributed by atoms with Crippen LogP contribution >= 0.6 is 34.2 Å². The molecule has 1 aromatic heterocycles. The molecule has 0 fully saturated rings. The summed E-state index contributed by atoms with van der Waals surface area (Å²) < 4.78 is 6.60. The zero-order chi connectivity index (χ0) is 21.5. The fourth-order valence-corrected chi connectivity index (χ4v) is 4.12.